The molecule has 2 nitrogen and oxygen atoms in total. The fourth-order valence-electron chi connectivity index (χ4n) is 1.83. The highest BCUT2D eigenvalue weighted by molar-refractivity contribution is 9.10. The van der Waals surface area contributed by atoms with Crippen molar-refractivity contribution in [1.82, 2.24) is 4.98 Å². The molecule has 16 heavy (non-hydrogen) atoms. The lowest BCUT2D eigenvalue weighted by Gasteiger charge is -2.10. The number of nitrogens with zero attached hydrogens (tertiary/aromatic N) is 1. The molecule has 2 rings (SSSR count). The van der Waals surface area contributed by atoms with Gasteiger partial charge in [-0.05, 0) is 31.5 Å². The van der Waals surface area contributed by atoms with Crippen molar-refractivity contribution in [2.75, 3.05) is 5.73 Å². The van der Waals surface area contributed by atoms with Gasteiger partial charge in [-0.3, -0.25) is 4.98 Å². The summed E-state index contributed by atoms with van der Waals surface area (Å²) in [7, 11) is 0. The SMILES string of the molecule is C=CCc1c(C)nc2ccc(Br)cc2c1N. The maximum atomic E-state index is 6.17. The lowest BCUT2D eigenvalue weighted by Crippen LogP contribution is -2.00. The molecule has 0 radical (unpaired) electrons. The quantitative estimate of drug-likeness (QED) is 0.851. The molecule has 0 fully saturated rings. The smallest absolute Gasteiger partial charge is 0.0726 e. The summed E-state index contributed by atoms with van der Waals surface area (Å²) >= 11 is 3.45. The zero-order valence-electron chi connectivity index (χ0n) is 9.13. The second-order valence-corrected chi connectivity index (χ2v) is 4.66. The van der Waals surface area contributed by atoms with Crippen molar-refractivity contribution in [1.29, 1.82) is 0 Å². The largest absolute Gasteiger partial charge is 0.398 e. The van der Waals surface area contributed by atoms with Crippen molar-refractivity contribution in [3.05, 3.63) is 46.6 Å². The van der Waals surface area contributed by atoms with Gasteiger partial charge in [0.05, 0.1) is 5.52 Å². The molecule has 1 aromatic carbocycles. The van der Waals surface area contributed by atoms with E-state index in [2.05, 4.69) is 27.5 Å². The minimum Gasteiger partial charge on any atom is -0.398 e. The van der Waals surface area contributed by atoms with E-state index < -0.39 is 0 Å². The monoisotopic (exact) mass is 276 g/mol. The first-order valence-corrected chi connectivity index (χ1v) is 5.88. The molecular weight excluding hydrogens is 264 g/mol. The average molecular weight is 277 g/mol. The highest BCUT2D eigenvalue weighted by atomic mass is 79.9. The Bertz CT molecular complexity index is 561. The zero-order chi connectivity index (χ0) is 11.7. The number of anilines is 1. The zero-order valence-corrected chi connectivity index (χ0v) is 10.7. The summed E-state index contributed by atoms with van der Waals surface area (Å²) in [6.07, 6.45) is 2.61. The van der Waals surface area contributed by atoms with E-state index in [4.69, 9.17) is 5.73 Å². The van der Waals surface area contributed by atoms with Gasteiger partial charge in [0.15, 0.2) is 0 Å². The number of aryl methyl sites for hydroxylation is 1. The molecule has 0 aliphatic rings. The Balaban J connectivity index is 2.79. The number of hydrogen-bond donors (Lipinski definition) is 1. The van der Waals surface area contributed by atoms with Gasteiger partial charge in [-0.15, -0.1) is 6.58 Å². The van der Waals surface area contributed by atoms with Crippen LogP contribution in [0, 0.1) is 6.92 Å². The number of hydrogen-bond acceptors (Lipinski definition) is 2. The van der Waals surface area contributed by atoms with Gasteiger partial charge < -0.3 is 5.73 Å². The number of benzene rings is 1. The number of rotatable bonds is 2. The molecule has 82 valence electrons. The van der Waals surface area contributed by atoms with Gasteiger partial charge in [-0.1, -0.05) is 22.0 Å². The van der Waals surface area contributed by atoms with Gasteiger partial charge in [0.25, 0.3) is 0 Å². The van der Waals surface area contributed by atoms with E-state index >= 15 is 0 Å². The summed E-state index contributed by atoms with van der Waals surface area (Å²) in [4.78, 5) is 4.55. The molecule has 0 aliphatic carbocycles. The third-order valence-electron chi connectivity index (χ3n) is 2.65. The Kier molecular flexibility index (Phi) is 2.97. The summed E-state index contributed by atoms with van der Waals surface area (Å²) in [6.45, 7) is 5.73. The average Bonchev–Trinajstić information content (AvgIpc) is 2.26. The number of nitrogen functional groups attached to an aromatic ring is 1. The van der Waals surface area contributed by atoms with Crippen LogP contribution < -0.4 is 5.73 Å². The number of halogens is 1. The Labute approximate surface area is 103 Å². The van der Waals surface area contributed by atoms with E-state index in [1.165, 1.54) is 0 Å². The van der Waals surface area contributed by atoms with Crippen LogP contribution in [0.15, 0.2) is 35.3 Å². The Morgan fingerprint density at radius 3 is 2.94 bits per heavy atom. The normalized spacial score (nSPS) is 10.6. The first-order chi connectivity index (χ1) is 7.63. The maximum Gasteiger partial charge on any atom is 0.0726 e. The standard InChI is InChI=1S/C13H13BrN2/c1-3-4-10-8(2)16-12-6-5-9(14)7-11(12)13(10)15/h3,5-7H,1,4H2,2H3,(H2,15,16). The first kappa shape index (κ1) is 11.1. The van der Waals surface area contributed by atoms with E-state index in [0.717, 1.165) is 38.7 Å². The van der Waals surface area contributed by atoms with Crippen LogP contribution in [0.5, 0.6) is 0 Å². The molecule has 0 saturated carbocycles. The van der Waals surface area contributed by atoms with Crippen molar-refractivity contribution >= 4 is 32.5 Å². The highest BCUT2D eigenvalue weighted by Crippen LogP contribution is 2.28. The van der Waals surface area contributed by atoms with Gasteiger partial charge in [0.1, 0.15) is 0 Å². The minimum absolute atomic E-state index is 0.757. The second kappa shape index (κ2) is 4.26. The third kappa shape index (κ3) is 1.83. The van der Waals surface area contributed by atoms with Gasteiger partial charge >= 0.3 is 0 Å². The van der Waals surface area contributed by atoms with Crippen LogP contribution in [0.2, 0.25) is 0 Å². The van der Waals surface area contributed by atoms with Gasteiger partial charge in [-0.2, -0.15) is 0 Å². The van der Waals surface area contributed by atoms with Crippen molar-refractivity contribution < 1.29 is 0 Å². The van der Waals surface area contributed by atoms with Crippen molar-refractivity contribution in [3.8, 4) is 0 Å². The summed E-state index contributed by atoms with van der Waals surface area (Å²) in [5.41, 5.74) is 9.96. The van der Waals surface area contributed by atoms with E-state index in [9.17, 15) is 0 Å². The van der Waals surface area contributed by atoms with Crippen LogP contribution in [-0.4, -0.2) is 4.98 Å². The van der Waals surface area contributed by atoms with Crippen LogP contribution in [0.4, 0.5) is 5.69 Å². The van der Waals surface area contributed by atoms with E-state index in [0.29, 0.717) is 0 Å². The van der Waals surface area contributed by atoms with Crippen molar-refractivity contribution in [3.63, 3.8) is 0 Å². The van der Waals surface area contributed by atoms with Crippen LogP contribution in [-0.2, 0) is 6.42 Å². The lowest BCUT2D eigenvalue weighted by atomic mass is 10.0. The number of pyridine rings is 1. The number of fused-ring (bicyclic) bond motifs is 1. The molecule has 0 saturated heterocycles. The summed E-state index contributed by atoms with van der Waals surface area (Å²) in [5.74, 6) is 0. The number of allylic oxidation sites excluding steroid dienone is 1. The fourth-order valence-corrected chi connectivity index (χ4v) is 2.19. The number of nitrogens with two attached hydrogens (primary N) is 1. The molecule has 1 aromatic heterocycles. The fraction of sp³-hybridized carbons (Fsp3) is 0.154. The predicted octanol–water partition coefficient (Wildman–Crippen LogP) is 3.62. The first-order valence-electron chi connectivity index (χ1n) is 5.08. The van der Waals surface area contributed by atoms with Crippen molar-refractivity contribution in [2.24, 2.45) is 0 Å². The van der Waals surface area contributed by atoms with E-state index in [1.54, 1.807) is 0 Å². The Hall–Kier alpha value is -1.35. The molecule has 0 bridgehead atoms. The van der Waals surface area contributed by atoms with Crippen LogP contribution in [0.1, 0.15) is 11.3 Å². The van der Waals surface area contributed by atoms with Crippen LogP contribution in [0.3, 0.4) is 0 Å². The summed E-state index contributed by atoms with van der Waals surface area (Å²) < 4.78 is 1.02. The molecular formula is C13H13BrN2. The maximum absolute atomic E-state index is 6.17. The van der Waals surface area contributed by atoms with Crippen LogP contribution >= 0.6 is 15.9 Å². The van der Waals surface area contributed by atoms with Crippen LogP contribution in [0.25, 0.3) is 10.9 Å². The molecule has 0 amide bonds. The number of aromatic nitrogens is 1. The van der Waals surface area contributed by atoms with E-state index in [1.807, 2.05) is 31.2 Å². The molecule has 0 unspecified atom stereocenters. The second-order valence-electron chi connectivity index (χ2n) is 3.74. The minimum atomic E-state index is 0.757. The molecule has 1 heterocycles. The topological polar surface area (TPSA) is 38.9 Å². The third-order valence-corrected chi connectivity index (χ3v) is 3.14. The molecule has 2 aromatic rings. The molecule has 0 aliphatic heterocycles. The lowest BCUT2D eigenvalue weighted by molar-refractivity contribution is 1.14. The molecule has 2 N–H and O–H groups in total. The predicted molar refractivity (Wildman–Crippen MR) is 72.5 cm³/mol. The molecule has 3 heteroatoms. The Morgan fingerprint density at radius 2 is 2.25 bits per heavy atom. The molecule has 0 spiro atoms. The Morgan fingerprint density at radius 1 is 1.50 bits per heavy atom. The summed E-state index contributed by atoms with van der Waals surface area (Å²) in [6, 6.07) is 5.95. The molecule has 0 atom stereocenters. The van der Waals surface area contributed by atoms with Gasteiger partial charge in [-0.25, -0.2) is 0 Å². The van der Waals surface area contributed by atoms with E-state index in [-0.39, 0.29) is 0 Å². The van der Waals surface area contributed by atoms with Gasteiger partial charge in [0, 0.05) is 26.8 Å². The summed E-state index contributed by atoms with van der Waals surface area (Å²) in [5, 5.41) is 0.997. The highest BCUT2D eigenvalue weighted by Gasteiger charge is 2.08. The van der Waals surface area contributed by atoms with Crippen molar-refractivity contribution in [2.45, 2.75) is 13.3 Å². The van der Waals surface area contributed by atoms with Gasteiger partial charge in [0.2, 0.25) is 0 Å².